The SMILES string of the molecule is CCOc1ccccc1CCCNC(=O)c1ccc(N(CC)S(=O)(=O)CC)cc1. The molecule has 1 amide bonds. The van der Waals surface area contributed by atoms with Gasteiger partial charge in [0.25, 0.3) is 5.91 Å². The van der Waals surface area contributed by atoms with E-state index < -0.39 is 10.0 Å². The van der Waals surface area contributed by atoms with Crippen molar-refractivity contribution in [3.05, 3.63) is 59.7 Å². The van der Waals surface area contributed by atoms with Crippen molar-refractivity contribution in [3.63, 3.8) is 0 Å². The van der Waals surface area contributed by atoms with Gasteiger partial charge >= 0.3 is 0 Å². The fourth-order valence-corrected chi connectivity index (χ4v) is 4.21. The van der Waals surface area contributed by atoms with Crippen LogP contribution in [0.1, 0.15) is 43.1 Å². The number of nitrogens with zero attached hydrogens (tertiary/aromatic N) is 1. The summed E-state index contributed by atoms with van der Waals surface area (Å²) < 4.78 is 31.3. The molecule has 2 aromatic rings. The second-order valence-corrected chi connectivity index (χ2v) is 8.69. The Morgan fingerprint density at radius 1 is 1.03 bits per heavy atom. The first-order valence-corrected chi connectivity index (χ1v) is 11.6. The normalized spacial score (nSPS) is 11.1. The van der Waals surface area contributed by atoms with Crippen molar-refractivity contribution in [1.29, 1.82) is 0 Å². The van der Waals surface area contributed by atoms with Gasteiger partial charge in [0, 0.05) is 18.7 Å². The van der Waals surface area contributed by atoms with Gasteiger partial charge in [-0.3, -0.25) is 9.10 Å². The lowest BCUT2D eigenvalue weighted by Gasteiger charge is -2.22. The summed E-state index contributed by atoms with van der Waals surface area (Å²) in [6.45, 7) is 6.89. The van der Waals surface area contributed by atoms with E-state index in [-0.39, 0.29) is 11.7 Å². The highest BCUT2D eigenvalue weighted by Crippen LogP contribution is 2.20. The lowest BCUT2D eigenvalue weighted by Crippen LogP contribution is -2.32. The molecular weight excluding hydrogens is 388 g/mol. The van der Waals surface area contributed by atoms with Crippen LogP contribution in [0.25, 0.3) is 0 Å². The van der Waals surface area contributed by atoms with Crippen molar-refractivity contribution in [2.24, 2.45) is 0 Å². The number of nitrogens with one attached hydrogen (secondary N) is 1. The lowest BCUT2D eigenvalue weighted by atomic mass is 10.1. The zero-order valence-electron chi connectivity index (χ0n) is 17.3. The molecule has 0 bridgehead atoms. The van der Waals surface area contributed by atoms with Gasteiger partial charge in [-0.25, -0.2) is 8.42 Å². The summed E-state index contributed by atoms with van der Waals surface area (Å²) in [5, 5.41) is 2.91. The van der Waals surface area contributed by atoms with Crippen molar-refractivity contribution in [2.45, 2.75) is 33.6 Å². The van der Waals surface area contributed by atoms with Gasteiger partial charge in [-0.1, -0.05) is 18.2 Å². The highest BCUT2D eigenvalue weighted by atomic mass is 32.2. The van der Waals surface area contributed by atoms with Crippen molar-refractivity contribution in [3.8, 4) is 5.75 Å². The third-order valence-electron chi connectivity index (χ3n) is 4.59. The summed E-state index contributed by atoms with van der Waals surface area (Å²) in [5.41, 5.74) is 2.21. The molecule has 0 radical (unpaired) electrons. The van der Waals surface area contributed by atoms with Crippen LogP contribution in [0.2, 0.25) is 0 Å². The molecule has 0 fully saturated rings. The van der Waals surface area contributed by atoms with Crippen LogP contribution in [-0.4, -0.2) is 39.8 Å². The number of benzene rings is 2. The summed E-state index contributed by atoms with van der Waals surface area (Å²) in [5.74, 6) is 0.755. The van der Waals surface area contributed by atoms with Crippen LogP contribution in [-0.2, 0) is 16.4 Å². The number of hydrogen-bond donors (Lipinski definition) is 1. The molecule has 0 heterocycles. The van der Waals surface area contributed by atoms with Crippen LogP contribution < -0.4 is 14.4 Å². The van der Waals surface area contributed by atoms with Crippen LogP contribution in [0.3, 0.4) is 0 Å². The number of anilines is 1. The smallest absolute Gasteiger partial charge is 0.251 e. The predicted molar refractivity (Wildman–Crippen MR) is 117 cm³/mol. The molecule has 0 atom stereocenters. The second kappa shape index (κ2) is 10.9. The summed E-state index contributed by atoms with van der Waals surface area (Å²) >= 11 is 0. The minimum atomic E-state index is -3.33. The van der Waals surface area contributed by atoms with E-state index in [1.54, 1.807) is 38.1 Å². The van der Waals surface area contributed by atoms with Gasteiger partial charge < -0.3 is 10.1 Å². The molecule has 0 aliphatic rings. The van der Waals surface area contributed by atoms with E-state index in [2.05, 4.69) is 5.32 Å². The molecule has 0 unspecified atom stereocenters. The van der Waals surface area contributed by atoms with Crippen molar-refractivity contribution >= 4 is 21.6 Å². The molecule has 0 aliphatic heterocycles. The highest BCUT2D eigenvalue weighted by Gasteiger charge is 2.18. The summed E-state index contributed by atoms with van der Waals surface area (Å²) in [7, 11) is -3.33. The van der Waals surface area contributed by atoms with Crippen molar-refractivity contribution in [2.75, 3.05) is 29.8 Å². The van der Waals surface area contributed by atoms with E-state index in [4.69, 9.17) is 4.74 Å². The molecule has 7 heteroatoms. The van der Waals surface area contributed by atoms with Crippen LogP contribution >= 0.6 is 0 Å². The third-order valence-corrected chi connectivity index (χ3v) is 6.46. The van der Waals surface area contributed by atoms with E-state index in [0.717, 1.165) is 24.2 Å². The summed E-state index contributed by atoms with van der Waals surface area (Å²) in [6, 6.07) is 14.6. The zero-order chi connectivity index (χ0) is 21.3. The lowest BCUT2D eigenvalue weighted by molar-refractivity contribution is 0.0953. The first-order valence-electron chi connectivity index (χ1n) is 10.0. The van der Waals surface area contributed by atoms with Gasteiger partial charge in [0.15, 0.2) is 0 Å². The highest BCUT2D eigenvalue weighted by molar-refractivity contribution is 7.92. The average Bonchev–Trinajstić information content (AvgIpc) is 2.73. The molecule has 0 aromatic heterocycles. The topological polar surface area (TPSA) is 75.7 Å². The average molecular weight is 419 g/mol. The van der Waals surface area contributed by atoms with Crippen LogP contribution in [0.4, 0.5) is 5.69 Å². The maximum absolute atomic E-state index is 12.4. The molecular formula is C22H30N2O4S. The Morgan fingerprint density at radius 2 is 1.72 bits per heavy atom. The first-order chi connectivity index (χ1) is 13.9. The van der Waals surface area contributed by atoms with E-state index in [1.165, 1.54) is 4.31 Å². The van der Waals surface area contributed by atoms with Crippen LogP contribution in [0, 0.1) is 0 Å². The molecule has 2 rings (SSSR count). The molecule has 0 saturated carbocycles. The Bertz CT molecular complexity index is 895. The van der Waals surface area contributed by atoms with Gasteiger partial charge in [0.05, 0.1) is 18.0 Å². The number of carbonyl (C=O) groups is 1. The fourth-order valence-electron chi connectivity index (χ4n) is 3.06. The zero-order valence-corrected chi connectivity index (χ0v) is 18.2. The van der Waals surface area contributed by atoms with Crippen LogP contribution in [0.15, 0.2) is 48.5 Å². The summed E-state index contributed by atoms with van der Waals surface area (Å²) in [4.78, 5) is 12.4. The molecule has 29 heavy (non-hydrogen) atoms. The molecule has 1 N–H and O–H groups in total. The molecule has 158 valence electrons. The van der Waals surface area contributed by atoms with E-state index >= 15 is 0 Å². The summed E-state index contributed by atoms with van der Waals surface area (Å²) in [6.07, 6.45) is 1.61. The van der Waals surface area contributed by atoms with Gasteiger partial charge in [-0.15, -0.1) is 0 Å². The number of rotatable bonds is 11. The van der Waals surface area contributed by atoms with E-state index in [0.29, 0.717) is 30.9 Å². The first kappa shape index (κ1) is 22.7. The Morgan fingerprint density at radius 3 is 2.34 bits per heavy atom. The van der Waals surface area contributed by atoms with Crippen LogP contribution in [0.5, 0.6) is 5.75 Å². The third kappa shape index (κ3) is 6.22. The van der Waals surface area contributed by atoms with Gasteiger partial charge in [-0.2, -0.15) is 0 Å². The second-order valence-electron chi connectivity index (χ2n) is 6.51. The minimum absolute atomic E-state index is 0.0372. The Kier molecular flexibility index (Phi) is 8.51. The Balaban J connectivity index is 1.90. The molecule has 0 aliphatic carbocycles. The van der Waals surface area contributed by atoms with Crippen molar-refractivity contribution in [1.82, 2.24) is 5.32 Å². The Labute approximate surface area is 173 Å². The number of aryl methyl sites for hydroxylation is 1. The number of ether oxygens (including phenoxy) is 1. The number of amides is 1. The largest absolute Gasteiger partial charge is 0.494 e. The molecule has 2 aromatic carbocycles. The van der Waals surface area contributed by atoms with Gasteiger partial charge in [-0.05, 0) is 69.5 Å². The maximum atomic E-state index is 12.4. The van der Waals surface area contributed by atoms with Gasteiger partial charge in [0.2, 0.25) is 10.0 Å². The number of sulfonamides is 1. The van der Waals surface area contributed by atoms with E-state index in [9.17, 15) is 13.2 Å². The van der Waals surface area contributed by atoms with Gasteiger partial charge in [0.1, 0.15) is 5.75 Å². The number of para-hydroxylation sites is 1. The standard InChI is InChI=1S/C22H30N2O4S/c1-4-24(29(26,27)6-3)20-15-13-19(14-16-20)22(25)23-17-9-11-18-10-7-8-12-21(18)28-5-2/h7-8,10,12-16H,4-6,9,11,17H2,1-3H3,(H,23,25). The minimum Gasteiger partial charge on any atom is -0.494 e. The van der Waals surface area contributed by atoms with Crippen molar-refractivity contribution < 1.29 is 17.9 Å². The molecule has 6 nitrogen and oxygen atoms in total. The Hall–Kier alpha value is -2.54. The number of hydrogen-bond acceptors (Lipinski definition) is 4. The van der Waals surface area contributed by atoms with E-state index in [1.807, 2.05) is 31.2 Å². The molecule has 0 saturated heterocycles. The monoisotopic (exact) mass is 418 g/mol. The fraction of sp³-hybridized carbons (Fsp3) is 0.409. The maximum Gasteiger partial charge on any atom is 0.251 e. The molecule has 0 spiro atoms. The predicted octanol–water partition coefficient (Wildman–Crippen LogP) is 3.62. The quantitative estimate of drug-likeness (QED) is 0.566. The number of carbonyl (C=O) groups excluding carboxylic acids is 1.